The van der Waals surface area contributed by atoms with Gasteiger partial charge in [0.1, 0.15) is 0 Å². The molecule has 0 aliphatic heterocycles. The number of hydrogen-bond acceptors (Lipinski definition) is 4. The van der Waals surface area contributed by atoms with Crippen LogP contribution in [-0.2, 0) is 13.1 Å². The van der Waals surface area contributed by atoms with Gasteiger partial charge in [-0.15, -0.1) is 0 Å². The molecule has 2 aromatic rings. The molecule has 2 rings (SSSR count). The van der Waals surface area contributed by atoms with E-state index in [0.717, 1.165) is 16.8 Å². The highest BCUT2D eigenvalue weighted by Gasteiger charge is 2.07. The first-order valence-corrected chi connectivity index (χ1v) is 7.78. The van der Waals surface area contributed by atoms with Crippen LogP contribution in [0.4, 0.5) is 4.79 Å². The predicted molar refractivity (Wildman–Crippen MR) is 91.0 cm³/mol. The van der Waals surface area contributed by atoms with Gasteiger partial charge in [0.15, 0.2) is 0 Å². The fourth-order valence-corrected chi connectivity index (χ4v) is 2.30. The van der Waals surface area contributed by atoms with Crippen molar-refractivity contribution in [1.82, 2.24) is 20.6 Å². The molecule has 0 radical (unpaired) electrons. The number of nitrogens with zero attached hydrogens (tertiary/aromatic N) is 1. The standard InChI is InChI=1S/C17H22N4O3/c1-4-24-15-8-13(5-6-18-15)9-19-17(23)20-10-14-11(2)7-12(3)21-16(14)22/h5-8H,4,9-10H2,1-3H3,(H,21,22)(H2,19,20,23). The number of aromatic amines is 1. The summed E-state index contributed by atoms with van der Waals surface area (Å²) in [5, 5.41) is 5.44. The molecule has 0 fully saturated rings. The van der Waals surface area contributed by atoms with Gasteiger partial charge in [0.05, 0.1) is 13.2 Å². The molecule has 0 bridgehead atoms. The first-order chi connectivity index (χ1) is 11.5. The molecule has 128 valence electrons. The number of nitrogens with one attached hydrogen (secondary N) is 3. The van der Waals surface area contributed by atoms with Crippen LogP contribution in [0, 0.1) is 13.8 Å². The summed E-state index contributed by atoms with van der Waals surface area (Å²) in [7, 11) is 0. The third-order valence-electron chi connectivity index (χ3n) is 3.46. The van der Waals surface area contributed by atoms with Crippen LogP contribution in [0.2, 0.25) is 0 Å². The molecule has 7 heteroatoms. The van der Waals surface area contributed by atoms with Gasteiger partial charge in [-0.3, -0.25) is 4.79 Å². The molecule has 0 aliphatic carbocycles. The average Bonchev–Trinajstić information content (AvgIpc) is 2.52. The monoisotopic (exact) mass is 330 g/mol. The van der Waals surface area contributed by atoms with Crippen molar-refractivity contribution in [3.8, 4) is 5.88 Å². The maximum atomic E-state index is 11.9. The van der Waals surface area contributed by atoms with Crippen molar-refractivity contribution in [2.45, 2.75) is 33.9 Å². The van der Waals surface area contributed by atoms with Gasteiger partial charge in [-0.1, -0.05) is 0 Å². The van der Waals surface area contributed by atoms with Gasteiger partial charge < -0.3 is 20.4 Å². The van der Waals surface area contributed by atoms with Gasteiger partial charge in [0.25, 0.3) is 5.56 Å². The highest BCUT2D eigenvalue weighted by molar-refractivity contribution is 5.73. The molecule has 2 aromatic heterocycles. The summed E-state index contributed by atoms with van der Waals surface area (Å²) in [5.74, 6) is 0.527. The van der Waals surface area contributed by atoms with Gasteiger partial charge in [-0.05, 0) is 44.0 Å². The quantitative estimate of drug-likeness (QED) is 0.752. The van der Waals surface area contributed by atoms with E-state index >= 15 is 0 Å². The van der Waals surface area contributed by atoms with E-state index in [1.807, 2.05) is 26.8 Å². The second-order valence-electron chi connectivity index (χ2n) is 5.41. The number of H-pyrrole nitrogens is 1. The van der Waals surface area contributed by atoms with Crippen LogP contribution >= 0.6 is 0 Å². The molecule has 24 heavy (non-hydrogen) atoms. The molecular formula is C17H22N4O3. The molecule has 0 aliphatic rings. The molecule has 0 unspecified atom stereocenters. The van der Waals surface area contributed by atoms with Crippen LogP contribution in [0.15, 0.2) is 29.2 Å². The summed E-state index contributed by atoms with van der Waals surface area (Å²) in [6.45, 7) is 6.61. The second kappa shape index (κ2) is 8.14. The van der Waals surface area contributed by atoms with Crippen molar-refractivity contribution in [2.75, 3.05) is 6.61 Å². The molecule has 7 nitrogen and oxygen atoms in total. The SMILES string of the molecule is CCOc1cc(CNC(=O)NCc2c(C)cc(C)[nH]c2=O)ccn1. The maximum Gasteiger partial charge on any atom is 0.315 e. The molecule has 0 spiro atoms. The number of hydrogen-bond donors (Lipinski definition) is 3. The Morgan fingerprint density at radius 1 is 1.25 bits per heavy atom. The molecular weight excluding hydrogens is 308 g/mol. The van der Waals surface area contributed by atoms with E-state index in [-0.39, 0.29) is 18.1 Å². The Bertz CT molecular complexity index is 771. The summed E-state index contributed by atoms with van der Waals surface area (Å²) in [4.78, 5) is 30.6. The third-order valence-corrected chi connectivity index (χ3v) is 3.46. The minimum Gasteiger partial charge on any atom is -0.478 e. The van der Waals surface area contributed by atoms with E-state index in [2.05, 4.69) is 20.6 Å². The van der Waals surface area contributed by atoms with Crippen LogP contribution in [-0.4, -0.2) is 22.6 Å². The van der Waals surface area contributed by atoms with Crippen molar-refractivity contribution in [1.29, 1.82) is 0 Å². The average molecular weight is 330 g/mol. The second-order valence-corrected chi connectivity index (χ2v) is 5.41. The lowest BCUT2D eigenvalue weighted by Gasteiger charge is -2.10. The smallest absolute Gasteiger partial charge is 0.315 e. The number of urea groups is 1. The summed E-state index contributed by atoms with van der Waals surface area (Å²) < 4.78 is 5.32. The van der Waals surface area contributed by atoms with Crippen molar-refractivity contribution in [3.05, 3.63) is 57.1 Å². The number of carbonyl (C=O) groups is 1. The lowest BCUT2D eigenvalue weighted by Crippen LogP contribution is -2.36. The number of aromatic nitrogens is 2. The van der Waals surface area contributed by atoms with Crippen LogP contribution < -0.4 is 20.9 Å². The summed E-state index contributed by atoms with van der Waals surface area (Å²) in [6, 6.07) is 5.11. The number of amides is 2. The number of pyridine rings is 2. The Morgan fingerprint density at radius 3 is 2.71 bits per heavy atom. The number of ether oxygens (including phenoxy) is 1. The Balaban J connectivity index is 1.88. The van der Waals surface area contributed by atoms with E-state index in [1.165, 1.54) is 0 Å². The Morgan fingerprint density at radius 2 is 2.00 bits per heavy atom. The van der Waals surface area contributed by atoms with Gasteiger partial charge >= 0.3 is 6.03 Å². The molecule has 3 N–H and O–H groups in total. The first-order valence-electron chi connectivity index (χ1n) is 7.78. The van der Waals surface area contributed by atoms with Crippen molar-refractivity contribution >= 4 is 6.03 Å². The van der Waals surface area contributed by atoms with E-state index in [1.54, 1.807) is 18.3 Å². The maximum absolute atomic E-state index is 11.9. The zero-order chi connectivity index (χ0) is 17.5. The highest BCUT2D eigenvalue weighted by Crippen LogP contribution is 2.09. The zero-order valence-corrected chi connectivity index (χ0v) is 14.1. The summed E-state index contributed by atoms with van der Waals surface area (Å²) in [5.41, 5.74) is 2.91. The fraction of sp³-hybridized carbons (Fsp3) is 0.353. The number of aryl methyl sites for hydroxylation is 2. The Hall–Kier alpha value is -2.83. The predicted octanol–water partition coefficient (Wildman–Crippen LogP) is 1.78. The van der Waals surface area contributed by atoms with Crippen LogP contribution in [0.25, 0.3) is 0 Å². The van der Waals surface area contributed by atoms with E-state index in [9.17, 15) is 9.59 Å². The lowest BCUT2D eigenvalue weighted by molar-refractivity contribution is 0.240. The van der Waals surface area contributed by atoms with E-state index in [0.29, 0.717) is 24.6 Å². The van der Waals surface area contributed by atoms with Gasteiger partial charge in [-0.2, -0.15) is 0 Å². The zero-order valence-electron chi connectivity index (χ0n) is 14.1. The largest absolute Gasteiger partial charge is 0.478 e. The molecule has 0 saturated heterocycles. The summed E-state index contributed by atoms with van der Waals surface area (Å²) >= 11 is 0. The van der Waals surface area contributed by atoms with Crippen LogP contribution in [0.1, 0.15) is 29.3 Å². The number of carbonyl (C=O) groups excluding carboxylic acids is 1. The van der Waals surface area contributed by atoms with Gasteiger partial charge in [-0.25, -0.2) is 9.78 Å². The Kier molecular flexibility index (Phi) is 5.95. The fourth-order valence-electron chi connectivity index (χ4n) is 2.30. The van der Waals surface area contributed by atoms with Gasteiger partial charge in [0.2, 0.25) is 5.88 Å². The lowest BCUT2D eigenvalue weighted by atomic mass is 10.1. The normalized spacial score (nSPS) is 10.3. The Labute approximate surface area is 140 Å². The topological polar surface area (TPSA) is 96.1 Å². The molecule has 0 saturated carbocycles. The molecule has 2 amide bonds. The van der Waals surface area contributed by atoms with Crippen molar-refractivity contribution < 1.29 is 9.53 Å². The molecule has 0 aromatic carbocycles. The van der Waals surface area contributed by atoms with E-state index in [4.69, 9.17) is 4.74 Å². The van der Waals surface area contributed by atoms with Crippen molar-refractivity contribution in [3.63, 3.8) is 0 Å². The minimum atomic E-state index is -0.343. The number of rotatable bonds is 6. The third kappa shape index (κ3) is 4.84. The van der Waals surface area contributed by atoms with E-state index < -0.39 is 0 Å². The minimum absolute atomic E-state index is 0.174. The van der Waals surface area contributed by atoms with Gasteiger partial charge in [0, 0.05) is 30.1 Å². The first kappa shape index (κ1) is 17.5. The van der Waals surface area contributed by atoms with Crippen LogP contribution in [0.5, 0.6) is 5.88 Å². The summed E-state index contributed by atoms with van der Waals surface area (Å²) in [6.07, 6.45) is 1.63. The molecule has 2 heterocycles. The van der Waals surface area contributed by atoms with Crippen molar-refractivity contribution in [2.24, 2.45) is 0 Å². The van der Waals surface area contributed by atoms with Crippen LogP contribution in [0.3, 0.4) is 0 Å². The molecule has 0 atom stereocenters. The highest BCUT2D eigenvalue weighted by atomic mass is 16.5.